The van der Waals surface area contributed by atoms with Crippen LogP contribution in [0.1, 0.15) is 37.2 Å². The van der Waals surface area contributed by atoms with E-state index in [4.69, 9.17) is 9.15 Å². The molecule has 0 unspecified atom stereocenters. The fraction of sp³-hybridized carbons (Fsp3) is 0.722. The Morgan fingerprint density at radius 1 is 1.42 bits per heavy atom. The van der Waals surface area contributed by atoms with Crippen LogP contribution in [-0.4, -0.2) is 61.3 Å². The fourth-order valence-corrected chi connectivity index (χ4v) is 3.78. The van der Waals surface area contributed by atoms with E-state index in [-0.39, 0.29) is 17.7 Å². The molecule has 134 valence electrons. The molecule has 24 heavy (non-hydrogen) atoms. The molecule has 6 heteroatoms. The normalized spacial score (nSPS) is 27.5. The average Bonchev–Trinajstić information content (AvgIpc) is 3.12. The Hall–Kier alpha value is -1.53. The molecular formula is C18H29N3O3. The molecule has 1 aromatic rings. The lowest BCUT2D eigenvalue weighted by atomic mass is 9.90. The van der Waals surface area contributed by atoms with Crippen LogP contribution in [0.5, 0.6) is 0 Å². The topological polar surface area (TPSA) is 58.0 Å². The van der Waals surface area contributed by atoms with Crippen molar-refractivity contribution in [2.24, 2.45) is 0 Å². The predicted octanol–water partition coefficient (Wildman–Crippen LogP) is 2.37. The van der Waals surface area contributed by atoms with Crippen molar-refractivity contribution in [2.45, 2.75) is 50.9 Å². The number of nitrogens with one attached hydrogen (secondary N) is 1. The summed E-state index contributed by atoms with van der Waals surface area (Å²) in [6.07, 6.45) is 4.47. The lowest BCUT2D eigenvalue weighted by molar-refractivity contribution is -0.118. The smallest absolute Gasteiger partial charge is 0.316 e. The van der Waals surface area contributed by atoms with Gasteiger partial charge in [-0.25, -0.2) is 4.79 Å². The number of likely N-dealkylation sites (tertiary alicyclic amines) is 1. The number of furan rings is 1. The van der Waals surface area contributed by atoms with Gasteiger partial charge in [-0.2, -0.15) is 0 Å². The Kier molecular flexibility index (Phi) is 5.15. The Morgan fingerprint density at radius 2 is 2.25 bits per heavy atom. The molecule has 2 atom stereocenters. The quantitative estimate of drug-likeness (QED) is 0.918. The molecule has 2 aliphatic rings. The first-order valence-corrected chi connectivity index (χ1v) is 8.86. The van der Waals surface area contributed by atoms with Crippen LogP contribution >= 0.6 is 0 Å². The van der Waals surface area contributed by atoms with Crippen molar-refractivity contribution in [3.63, 3.8) is 0 Å². The molecule has 1 N–H and O–H groups in total. The summed E-state index contributed by atoms with van der Waals surface area (Å²) < 4.78 is 12.1. The second kappa shape index (κ2) is 7.15. The van der Waals surface area contributed by atoms with Gasteiger partial charge >= 0.3 is 6.03 Å². The molecule has 2 aliphatic heterocycles. The van der Waals surface area contributed by atoms with E-state index in [1.165, 1.54) is 0 Å². The third-order valence-corrected chi connectivity index (χ3v) is 5.03. The Labute approximate surface area is 144 Å². The summed E-state index contributed by atoms with van der Waals surface area (Å²) in [5.74, 6) is 1.99. The zero-order valence-electron chi connectivity index (χ0n) is 15.0. The number of aryl methyl sites for hydroxylation is 1. The highest BCUT2D eigenvalue weighted by atomic mass is 16.5. The first kappa shape index (κ1) is 17.3. The summed E-state index contributed by atoms with van der Waals surface area (Å²) in [5.41, 5.74) is -0.0482. The summed E-state index contributed by atoms with van der Waals surface area (Å²) in [5, 5.41) is 2.95. The van der Waals surface area contributed by atoms with Crippen LogP contribution in [0.15, 0.2) is 16.5 Å². The highest BCUT2D eigenvalue weighted by Crippen LogP contribution is 2.37. The zero-order chi connectivity index (χ0) is 17.2. The predicted molar refractivity (Wildman–Crippen MR) is 91.9 cm³/mol. The standard InChI is InChI=1S/C18H29N3O3/c1-14-6-7-16(23-14)12-21-10-9-18(13-21)8-4-5-15(24-18)11-19-17(22)20(2)3/h6-7,15H,4-5,8-13H2,1-3H3,(H,19,22)/t15-,18-/m1/s1. The number of nitrogens with zero attached hydrogens (tertiary/aromatic N) is 2. The lowest BCUT2D eigenvalue weighted by Gasteiger charge is -2.39. The maximum Gasteiger partial charge on any atom is 0.316 e. The summed E-state index contributed by atoms with van der Waals surface area (Å²) in [6.45, 7) is 5.41. The van der Waals surface area contributed by atoms with Gasteiger partial charge in [-0.3, -0.25) is 4.90 Å². The molecular weight excluding hydrogens is 306 g/mol. The van der Waals surface area contributed by atoms with Crippen molar-refractivity contribution in [1.29, 1.82) is 0 Å². The van der Waals surface area contributed by atoms with Crippen molar-refractivity contribution >= 4 is 6.03 Å². The molecule has 1 aromatic heterocycles. The molecule has 0 bridgehead atoms. The summed E-state index contributed by atoms with van der Waals surface area (Å²) in [7, 11) is 3.51. The molecule has 2 fully saturated rings. The van der Waals surface area contributed by atoms with Gasteiger partial charge in [0.25, 0.3) is 0 Å². The fourth-order valence-electron chi connectivity index (χ4n) is 3.78. The highest BCUT2D eigenvalue weighted by molar-refractivity contribution is 5.73. The molecule has 6 nitrogen and oxygen atoms in total. The van der Waals surface area contributed by atoms with Gasteiger partial charge in [0.1, 0.15) is 11.5 Å². The number of urea groups is 1. The van der Waals surface area contributed by atoms with Crippen LogP contribution < -0.4 is 5.32 Å². The van der Waals surface area contributed by atoms with Crippen LogP contribution in [0.25, 0.3) is 0 Å². The van der Waals surface area contributed by atoms with Crippen molar-refractivity contribution in [1.82, 2.24) is 15.1 Å². The minimum absolute atomic E-state index is 0.0482. The van der Waals surface area contributed by atoms with E-state index in [1.807, 2.05) is 13.0 Å². The van der Waals surface area contributed by atoms with Gasteiger partial charge in [-0.15, -0.1) is 0 Å². The first-order chi connectivity index (χ1) is 11.5. The van der Waals surface area contributed by atoms with Crippen molar-refractivity contribution < 1.29 is 13.9 Å². The van der Waals surface area contributed by atoms with Crippen molar-refractivity contribution in [2.75, 3.05) is 33.7 Å². The van der Waals surface area contributed by atoms with E-state index in [9.17, 15) is 4.79 Å². The number of ether oxygens (including phenoxy) is 1. The molecule has 0 aliphatic carbocycles. The van der Waals surface area contributed by atoms with Crippen LogP contribution in [0.4, 0.5) is 4.79 Å². The van der Waals surface area contributed by atoms with Crippen molar-refractivity contribution in [3.8, 4) is 0 Å². The molecule has 2 amide bonds. The monoisotopic (exact) mass is 335 g/mol. The molecule has 3 rings (SSSR count). The van der Waals surface area contributed by atoms with E-state index in [2.05, 4.69) is 16.3 Å². The van der Waals surface area contributed by atoms with Gasteiger partial charge in [0.05, 0.1) is 18.2 Å². The molecule has 0 radical (unpaired) electrons. The van der Waals surface area contributed by atoms with E-state index in [1.54, 1.807) is 19.0 Å². The number of carbonyl (C=O) groups excluding carboxylic acids is 1. The lowest BCUT2D eigenvalue weighted by Crippen LogP contribution is -2.48. The van der Waals surface area contributed by atoms with Gasteiger partial charge in [0.15, 0.2) is 0 Å². The van der Waals surface area contributed by atoms with Gasteiger partial charge in [-0.05, 0) is 44.7 Å². The Bertz CT molecular complexity index is 572. The second-order valence-corrected chi connectivity index (χ2v) is 7.37. The largest absolute Gasteiger partial charge is 0.465 e. The van der Waals surface area contributed by atoms with Crippen LogP contribution in [0.2, 0.25) is 0 Å². The number of carbonyl (C=O) groups is 1. The molecule has 2 saturated heterocycles. The Balaban J connectivity index is 1.51. The van der Waals surface area contributed by atoms with Gasteiger partial charge < -0.3 is 19.4 Å². The highest BCUT2D eigenvalue weighted by Gasteiger charge is 2.43. The molecule has 0 aromatic carbocycles. The Morgan fingerprint density at radius 3 is 2.96 bits per heavy atom. The molecule has 1 spiro atoms. The van der Waals surface area contributed by atoms with E-state index < -0.39 is 0 Å². The number of hydrogen-bond acceptors (Lipinski definition) is 4. The minimum atomic E-state index is -0.0561. The third kappa shape index (κ3) is 4.11. The van der Waals surface area contributed by atoms with E-state index >= 15 is 0 Å². The number of amides is 2. The van der Waals surface area contributed by atoms with Crippen LogP contribution in [0, 0.1) is 6.92 Å². The molecule has 3 heterocycles. The third-order valence-electron chi connectivity index (χ3n) is 5.03. The van der Waals surface area contributed by atoms with Crippen molar-refractivity contribution in [3.05, 3.63) is 23.7 Å². The van der Waals surface area contributed by atoms with Gasteiger partial charge in [-0.1, -0.05) is 0 Å². The maximum atomic E-state index is 11.7. The van der Waals surface area contributed by atoms with Crippen LogP contribution in [0.3, 0.4) is 0 Å². The second-order valence-electron chi connectivity index (χ2n) is 7.37. The summed E-state index contributed by atoms with van der Waals surface area (Å²) in [6, 6.07) is 4.02. The average molecular weight is 335 g/mol. The number of hydrogen-bond donors (Lipinski definition) is 1. The van der Waals surface area contributed by atoms with E-state index in [0.29, 0.717) is 6.54 Å². The molecule has 0 saturated carbocycles. The van der Waals surface area contributed by atoms with Gasteiger partial charge in [0, 0.05) is 33.7 Å². The maximum absolute atomic E-state index is 11.7. The summed E-state index contributed by atoms with van der Waals surface area (Å²) >= 11 is 0. The van der Waals surface area contributed by atoms with E-state index in [0.717, 1.165) is 56.8 Å². The zero-order valence-corrected chi connectivity index (χ0v) is 15.0. The van der Waals surface area contributed by atoms with Crippen LogP contribution in [-0.2, 0) is 11.3 Å². The summed E-state index contributed by atoms with van der Waals surface area (Å²) in [4.78, 5) is 15.7. The first-order valence-electron chi connectivity index (χ1n) is 8.86. The van der Waals surface area contributed by atoms with Gasteiger partial charge in [0.2, 0.25) is 0 Å². The SMILES string of the molecule is Cc1ccc(CN2CC[C@]3(CCC[C@H](CNC(=O)N(C)C)O3)C2)o1. The number of rotatable bonds is 4. The minimum Gasteiger partial charge on any atom is -0.465 e.